The summed E-state index contributed by atoms with van der Waals surface area (Å²) in [5, 5.41) is 13.8. The van der Waals surface area contributed by atoms with Gasteiger partial charge in [-0.1, -0.05) is 30.3 Å². The Morgan fingerprint density at radius 1 is 1.04 bits per heavy atom. The predicted octanol–water partition coefficient (Wildman–Crippen LogP) is 3.62. The van der Waals surface area contributed by atoms with E-state index in [0.29, 0.717) is 12.5 Å². The second kappa shape index (κ2) is 6.17. The van der Waals surface area contributed by atoms with Crippen LogP contribution in [0.15, 0.2) is 48.5 Å². The molecule has 1 saturated carbocycles. The van der Waals surface area contributed by atoms with Gasteiger partial charge in [0.2, 0.25) is 0 Å². The van der Waals surface area contributed by atoms with Gasteiger partial charge in [-0.05, 0) is 42.2 Å². The summed E-state index contributed by atoms with van der Waals surface area (Å²) in [5.41, 5.74) is 2.68. The van der Waals surface area contributed by atoms with E-state index in [0.717, 1.165) is 41.2 Å². The van der Waals surface area contributed by atoms with Crippen molar-refractivity contribution >= 4 is 0 Å². The summed E-state index contributed by atoms with van der Waals surface area (Å²) < 4.78 is 15.2. The summed E-state index contributed by atoms with van der Waals surface area (Å²) in [4.78, 5) is 4.68. The maximum Gasteiger partial charge on any atom is 0.158 e. The molecule has 1 aromatic heterocycles. The van der Waals surface area contributed by atoms with Crippen LogP contribution in [0.3, 0.4) is 0 Å². The molecule has 1 N–H and O–H groups in total. The van der Waals surface area contributed by atoms with Gasteiger partial charge in [0.1, 0.15) is 5.82 Å². The molecule has 4 rings (SSSR count). The molecule has 1 aliphatic carbocycles. The molecule has 0 aliphatic heterocycles. The smallest absolute Gasteiger partial charge is 0.158 e. The van der Waals surface area contributed by atoms with Gasteiger partial charge in [-0.3, -0.25) is 0 Å². The lowest BCUT2D eigenvalue weighted by Gasteiger charge is -2.07. The first-order valence-electron chi connectivity index (χ1n) is 8.16. The third kappa shape index (κ3) is 2.95. The summed E-state index contributed by atoms with van der Waals surface area (Å²) in [6.45, 7) is 0.434. The van der Waals surface area contributed by atoms with Crippen LogP contribution in [0.5, 0.6) is 0 Å². The summed E-state index contributed by atoms with van der Waals surface area (Å²) in [5.74, 6) is 1.81. The zero-order valence-corrected chi connectivity index (χ0v) is 13.2. The maximum absolute atomic E-state index is 13.5. The van der Waals surface area contributed by atoms with E-state index in [4.69, 9.17) is 0 Å². The third-order valence-corrected chi connectivity index (χ3v) is 4.22. The van der Waals surface area contributed by atoms with Crippen LogP contribution in [0.2, 0.25) is 0 Å². The highest BCUT2D eigenvalue weighted by atomic mass is 19.1. The molecule has 1 aliphatic rings. The maximum atomic E-state index is 13.5. The second-order valence-corrected chi connectivity index (χ2v) is 6.11. The fraction of sp³-hybridized carbons (Fsp3) is 0.263. The van der Waals surface area contributed by atoms with E-state index in [1.54, 1.807) is 10.7 Å². The molecule has 0 spiro atoms. The molecule has 2 aromatic carbocycles. The van der Waals surface area contributed by atoms with Crippen LogP contribution in [0.4, 0.5) is 4.39 Å². The van der Waals surface area contributed by atoms with Crippen molar-refractivity contribution in [3.63, 3.8) is 0 Å². The molecule has 122 valence electrons. The zero-order chi connectivity index (χ0) is 16.5. The Morgan fingerprint density at radius 2 is 1.75 bits per heavy atom. The fourth-order valence-corrected chi connectivity index (χ4v) is 2.84. The third-order valence-electron chi connectivity index (χ3n) is 4.22. The van der Waals surface area contributed by atoms with Crippen LogP contribution in [0, 0.1) is 5.82 Å². The lowest BCUT2D eigenvalue weighted by molar-refractivity contribution is 0.270. The van der Waals surface area contributed by atoms with Crippen molar-refractivity contribution in [1.82, 2.24) is 14.8 Å². The van der Waals surface area contributed by atoms with Gasteiger partial charge < -0.3 is 5.11 Å². The van der Waals surface area contributed by atoms with Gasteiger partial charge in [-0.2, -0.15) is 5.10 Å². The lowest BCUT2D eigenvalue weighted by atomic mass is 10.0. The highest BCUT2D eigenvalue weighted by Gasteiger charge is 2.29. The molecule has 1 fully saturated rings. The second-order valence-electron chi connectivity index (χ2n) is 6.11. The molecule has 24 heavy (non-hydrogen) atoms. The molecule has 5 heteroatoms. The highest BCUT2D eigenvalue weighted by molar-refractivity contribution is 5.70. The SMILES string of the molecule is OCCn1nc(C2CC2)nc1-c1cccc(-c2cccc(F)c2)c1. The van der Waals surface area contributed by atoms with Gasteiger partial charge in [-0.25, -0.2) is 14.1 Å². The molecular weight excluding hydrogens is 305 g/mol. The van der Waals surface area contributed by atoms with Gasteiger partial charge in [0.25, 0.3) is 0 Å². The summed E-state index contributed by atoms with van der Waals surface area (Å²) in [6.07, 6.45) is 2.26. The molecule has 0 amide bonds. The number of aliphatic hydroxyl groups is 1. The Balaban J connectivity index is 1.75. The normalized spacial score (nSPS) is 14.1. The van der Waals surface area contributed by atoms with Crippen molar-refractivity contribution in [2.75, 3.05) is 6.61 Å². The minimum Gasteiger partial charge on any atom is -0.394 e. The average molecular weight is 323 g/mol. The van der Waals surface area contributed by atoms with E-state index >= 15 is 0 Å². The number of nitrogens with zero attached hydrogens (tertiary/aromatic N) is 3. The molecule has 1 heterocycles. The lowest BCUT2D eigenvalue weighted by Crippen LogP contribution is -2.06. The van der Waals surface area contributed by atoms with Crippen molar-refractivity contribution in [2.24, 2.45) is 0 Å². The Kier molecular flexibility index (Phi) is 3.86. The monoisotopic (exact) mass is 323 g/mol. The highest BCUT2D eigenvalue weighted by Crippen LogP contribution is 2.39. The minimum atomic E-state index is -0.252. The van der Waals surface area contributed by atoms with E-state index in [1.807, 2.05) is 30.3 Å². The topological polar surface area (TPSA) is 50.9 Å². The number of rotatable bonds is 5. The first-order valence-corrected chi connectivity index (χ1v) is 8.16. The van der Waals surface area contributed by atoms with E-state index in [1.165, 1.54) is 12.1 Å². The molecule has 3 aromatic rings. The van der Waals surface area contributed by atoms with E-state index in [2.05, 4.69) is 10.1 Å². The molecule has 0 radical (unpaired) electrons. The Labute approximate surface area is 139 Å². The van der Waals surface area contributed by atoms with Gasteiger partial charge in [-0.15, -0.1) is 0 Å². The van der Waals surface area contributed by atoms with Crippen LogP contribution in [0.25, 0.3) is 22.5 Å². The Bertz CT molecular complexity index is 871. The minimum absolute atomic E-state index is 0.0179. The number of aromatic nitrogens is 3. The van der Waals surface area contributed by atoms with Crippen LogP contribution in [-0.4, -0.2) is 26.5 Å². The molecule has 0 bridgehead atoms. The van der Waals surface area contributed by atoms with Gasteiger partial charge >= 0.3 is 0 Å². The summed E-state index contributed by atoms with van der Waals surface area (Å²) in [6, 6.07) is 14.4. The first-order chi connectivity index (χ1) is 11.7. The number of hydrogen-bond acceptors (Lipinski definition) is 3. The molecule has 4 nitrogen and oxygen atoms in total. The predicted molar refractivity (Wildman–Crippen MR) is 89.9 cm³/mol. The van der Waals surface area contributed by atoms with Gasteiger partial charge in [0.05, 0.1) is 13.2 Å². The Morgan fingerprint density at radius 3 is 2.46 bits per heavy atom. The largest absolute Gasteiger partial charge is 0.394 e. The molecular formula is C19H18FN3O. The first kappa shape index (κ1) is 15.0. The average Bonchev–Trinajstić information content (AvgIpc) is 3.36. The van der Waals surface area contributed by atoms with Crippen LogP contribution < -0.4 is 0 Å². The van der Waals surface area contributed by atoms with Crippen molar-refractivity contribution in [3.8, 4) is 22.5 Å². The summed E-state index contributed by atoms with van der Waals surface area (Å²) in [7, 11) is 0. The molecule has 0 saturated heterocycles. The number of aliphatic hydroxyl groups excluding tert-OH is 1. The fourth-order valence-electron chi connectivity index (χ4n) is 2.84. The quantitative estimate of drug-likeness (QED) is 0.780. The van der Waals surface area contributed by atoms with Crippen LogP contribution in [-0.2, 0) is 6.54 Å². The standard InChI is InChI=1S/C19H18FN3O/c20-17-6-2-4-15(12-17)14-3-1-5-16(11-14)19-21-18(13-7-8-13)22-23(19)9-10-24/h1-6,11-13,24H,7-10H2. The van der Waals surface area contributed by atoms with Gasteiger partial charge in [0, 0.05) is 11.5 Å². The Hall–Kier alpha value is -2.53. The number of halogens is 1. The molecule has 0 atom stereocenters. The summed E-state index contributed by atoms with van der Waals surface area (Å²) >= 11 is 0. The number of benzene rings is 2. The van der Waals surface area contributed by atoms with E-state index in [-0.39, 0.29) is 12.4 Å². The van der Waals surface area contributed by atoms with E-state index < -0.39 is 0 Å². The molecule has 0 unspecified atom stereocenters. The zero-order valence-electron chi connectivity index (χ0n) is 13.2. The van der Waals surface area contributed by atoms with Crippen molar-refractivity contribution in [1.29, 1.82) is 0 Å². The van der Waals surface area contributed by atoms with E-state index in [9.17, 15) is 9.50 Å². The van der Waals surface area contributed by atoms with Gasteiger partial charge in [0.15, 0.2) is 11.6 Å². The van der Waals surface area contributed by atoms with Crippen LogP contribution in [0.1, 0.15) is 24.6 Å². The van der Waals surface area contributed by atoms with Crippen molar-refractivity contribution < 1.29 is 9.50 Å². The van der Waals surface area contributed by atoms with Crippen molar-refractivity contribution in [3.05, 3.63) is 60.2 Å². The van der Waals surface area contributed by atoms with Crippen molar-refractivity contribution in [2.45, 2.75) is 25.3 Å². The van der Waals surface area contributed by atoms with Crippen LogP contribution >= 0.6 is 0 Å². The number of hydrogen-bond donors (Lipinski definition) is 1.